The number of benzene rings is 3. The molecule has 2 aliphatic heterocycles. The summed E-state index contributed by atoms with van der Waals surface area (Å²) < 4.78 is 34.9. The molecular formula is C35H38N4O8. The van der Waals surface area contributed by atoms with Crippen LogP contribution in [0.4, 0.5) is 4.79 Å². The van der Waals surface area contributed by atoms with Gasteiger partial charge in [-0.15, -0.1) is 0 Å². The quantitative estimate of drug-likeness (QED) is 0.0753. The van der Waals surface area contributed by atoms with E-state index in [4.69, 9.17) is 34.3 Å². The summed E-state index contributed by atoms with van der Waals surface area (Å²) in [7, 11) is 0. The highest BCUT2D eigenvalue weighted by atomic mass is 16.8. The van der Waals surface area contributed by atoms with Gasteiger partial charge in [0, 0.05) is 11.5 Å². The lowest BCUT2D eigenvalue weighted by Gasteiger charge is -2.16. The van der Waals surface area contributed by atoms with E-state index >= 15 is 0 Å². The molecule has 0 aliphatic carbocycles. The molecule has 1 aromatic heterocycles. The number of ether oxygens (including phenoxy) is 6. The summed E-state index contributed by atoms with van der Waals surface area (Å²) in [6.45, 7) is 6.81. The van der Waals surface area contributed by atoms with Crippen LogP contribution in [-0.4, -0.2) is 72.3 Å². The first kappa shape index (κ1) is 32.0. The van der Waals surface area contributed by atoms with E-state index in [0.29, 0.717) is 43.2 Å². The average Bonchev–Trinajstić information content (AvgIpc) is 3.77. The van der Waals surface area contributed by atoms with Crippen LogP contribution in [0.1, 0.15) is 48.7 Å². The van der Waals surface area contributed by atoms with E-state index in [9.17, 15) is 9.59 Å². The highest BCUT2D eigenvalue weighted by Gasteiger charge is 2.48. The van der Waals surface area contributed by atoms with Gasteiger partial charge in [-0.05, 0) is 42.2 Å². The number of aromatic nitrogens is 2. The predicted octanol–water partition coefficient (Wildman–Crippen LogP) is 5.29. The molecule has 6 rings (SSSR count). The lowest BCUT2D eigenvalue weighted by molar-refractivity contribution is -0.0585. The minimum atomic E-state index is -0.968. The molecule has 0 radical (unpaired) electrons. The fourth-order valence-electron chi connectivity index (χ4n) is 6.15. The lowest BCUT2D eigenvalue weighted by Crippen LogP contribution is -2.33. The number of hydrazone groups is 1. The second kappa shape index (κ2) is 14.2. The van der Waals surface area contributed by atoms with Crippen molar-refractivity contribution in [2.45, 2.75) is 52.0 Å². The minimum Gasteiger partial charge on any atom is -0.465 e. The van der Waals surface area contributed by atoms with E-state index in [0.717, 1.165) is 28.0 Å². The van der Waals surface area contributed by atoms with Gasteiger partial charge in [0.1, 0.15) is 6.10 Å². The molecule has 4 atom stereocenters. The molecule has 0 spiro atoms. The van der Waals surface area contributed by atoms with Crippen LogP contribution in [0.3, 0.4) is 0 Å². The van der Waals surface area contributed by atoms with Crippen LogP contribution in [0.25, 0.3) is 22.2 Å². The number of nitrogens with two attached hydrogens (primary N) is 1. The standard InChI is InChI=1S/C35H38N4O8/c1-4-27(38-36)25-10-7-6-9-24(25)23-15-13-22(14-16-23)17-39-30-26(11-8-12-28(30)37-34(39)42-5-2)33(40)45-20-46-35(41)47-29-19-44-31-21(3)18-43-32(29)31/h6-16,21,29,31-32H,4-5,17-20,36H2,1-3H3/b38-27+/t21-,29+,31-,32?/m1/s1. The molecular weight excluding hydrogens is 604 g/mol. The Morgan fingerprint density at radius 1 is 0.957 bits per heavy atom. The smallest absolute Gasteiger partial charge is 0.465 e. The Bertz CT molecular complexity index is 1770. The SMILES string of the molecule is CCOc1nc2cccc(C(=O)OCOC(=O)O[C@H]3CO[C@H]4C3OC[C@H]4C)c2n1Cc1ccc(-c2ccccc2/C(CC)=N/N)cc1. The lowest BCUT2D eigenvalue weighted by atomic mass is 9.95. The zero-order chi connectivity index (χ0) is 32.9. The Morgan fingerprint density at radius 2 is 1.72 bits per heavy atom. The zero-order valence-corrected chi connectivity index (χ0v) is 26.6. The summed E-state index contributed by atoms with van der Waals surface area (Å²) in [6.07, 6.45) is -1.27. The van der Waals surface area contributed by atoms with E-state index in [1.807, 2.05) is 73.9 Å². The molecule has 3 aromatic carbocycles. The molecule has 12 nitrogen and oxygen atoms in total. The highest BCUT2D eigenvalue weighted by Crippen LogP contribution is 2.33. The molecule has 2 N–H and O–H groups in total. The van der Waals surface area contributed by atoms with Crippen LogP contribution in [-0.2, 0) is 30.2 Å². The van der Waals surface area contributed by atoms with Crippen molar-refractivity contribution in [1.29, 1.82) is 0 Å². The van der Waals surface area contributed by atoms with Crippen molar-refractivity contribution in [1.82, 2.24) is 9.55 Å². The molecule has 2 fully saturated rings. The van der Waals surface area contributed by atoms with Gasteiger partial charge in [0.2, 0.25) is 6.79 Å². The number of carbonyl (C=O) groups excluding carboxylic acids is 2. The topological polar surface area (TPSA) is 146 Å². The van der Waals surface area contributed by atoms with E-state index in [-0.39, 0.29) is 30.3 Å². The number of fused-ring (bicyclic) bond motifs is 2. The Hall–Kier alpha value is -4.94. The molecule has 246 valence electrons. The summed E-state index contributed by atoms with van der Waals surface area (Å²) in [6, 6.07) is 21.7. The largest absolute Gasteiger partial charge is 0.511 e. The maximum Gasteiger partial charge on any atom is 0.511 e. The van der Waals surface area contributed by atoms with Crippen LogP contribution < -0.4 is 10.6 Å². The monoisotopic (exact) mass is 642 g/mol. The van der Waals surface area contributed by atoms with Gasteiger partial charge in [-0.3, -0.25) is 4.57 Å². The molecule has 2 aliphatic rings. The van der Waals surface area contributed by atoms with Crippen molar-refractivity contribution in [3.8, 4) is 17.1 Å². The average molecular weight is 643 g/mol. The normalized spacial score (nSPS) is 20.6. The number of carbonyl (C=O) groups is 2. The van der Waals surface area contributed by atoms with Crippen LogP contribution in [0.15, 0.2) is 71.8 Å². The van der Waals surface area contributed by atoms with Gasteiger partial charge in [-0.2, -0.15) is 10.1 Å². The molecule has 4 aromatic rings. The van der Waals surface area contributed by atoms with Crippen molar-refractivity contribution in [2.24, 2.45) is 16.9 Å². The molecule has 1 unspecified atom stereocenters. The molecule has 12 heteroatoms. The molecule has 47 heavy (non-hydrogen) atoms. The maximum atomic E-state index is 13.3. The third-order valence-electron chi connectivity index (χ3n) is 8.43. The molecule has 0 bridgehead atoms. The van der Waals surface area contributed by atoms with Crippen molar-refractivity contribution in [3.05, 3.63) is 83.4 Å². The van der Waals surface area contributed by atoms with Crippen LogP contribution >= 0.6 is 0 Å². The summed E-state index contributed by atoms with van der Waals surface area (Å²) in [5.74, 6) is 5.20. The Balaban J connectivity index is 1.17. The second-order valence-corrected chi connectivity index (χ2v) is 11.4. The number of imidazole rings is 1. The van der Waals surface area contributed by atoms with E-state index in [2.05, 4.69) is 10.1 Å². The zero-order valence-electron chi connectivity index (χ0n) is 26.6. The van der Waals surface area contributed by atoms with Crippen LogP contribution in [0, 0.1) is 5.92 Å². The predicted molar refractivity (Wildman–Crippen MR) is 173 cm³/mol. The first-order valence-corrected chi connectivity index (χ1v) is 15.7. The van der Waals surface area contributed by atoms with E-state index in [1.54, 1.807) is 18.2 Å². The first-order chi connectivity index (χ1) is 22.9. The van der Waals surface area contributed by atoms with Gasteiger partial charge in [-0.1, -0.05) is 68.4 Å². The summed E-state index contributed by atoms with van der Waals surface area (Å²) in [5, 5.41) is 3.98. The number of nitrogens with zero attached hydrogens (tertiary/aromatic N) is 3. The minimum absolute atomic E-state index is 0.113. The van der Waals surface area contributed by atoms with Gasteiger partial charge in [-0.25, -0.2) is 9.59 Å². The highest BCUT2D eigenvalue weighted by molar-refractivity contribution is 6.05. The molecule has 2 saturated heterocycles. The number of esters is 1. The van der Waals surface area contributed by atoms with E-state index in [1.165, 1.54) is 0 Å². The summed E-state index contributed by atoms with van der Waals surface area (Å²) >= 11 is 0. The fraction of sp³-hybridized carbons (Fsp3) is 0.371. The first-order valence-electron chi connectivity index (χ1n) is 15.7. The number of rotatable bonds is 11. The second-order valence-electron chi connectivity index (χ2n) is 11.4. The third kappa shape index (κ3) is 6.65. The van der Waals surface area contributed by atoms with Crippen molar-refractivity contribution >= 4 is 28.9 Å². The molecule has 3 heterocycles. The van der Waals surface area contributed by atoms with Gasteiger partial charge < -0.3 is 34.3 Å². The van der Waals surface area contributed by atoms with Crippen molar-refractivity contribution in [2.75, 3.05) is 26.6 Å². The van der Waals surface area contributed by atoms with Crippen LogP contribution in [0.2, 0.25) is 0 Å². The number of para-hydroxylation sites is 1. The van der Waals surface area contributed by atoms with Gasteiger partial charge in [0.05, 0.1) is 54.8 Å². The number of hydrogen-bond acceptors (Lipinski definition) is 11. The van der Waals surface area contributed by atoms with Gasteiger partial charge in [0.15, 0.2) is 6.10 Å². The fourth-order valence-corrected chi connectivity index (χ4v) is 6.15. The Labute approximate surface area is 272 Å². The van der Waals surface area contributed by atoms with Crippen molar-refractivity contribution < 1.29 is 38.0 Å². The molecule has 0 amide bonds. The van der Waals surface area contributed by atoms with Crippen LogP contribution in [0.5, 0.6) is 6.01 Å². The molecule has 0 saturated carbocycles. The number of hydrogen-bond donors (Lipinski definition) is 1. The summed E-state index contributed by atoms with van der Waals surface area (Å²) in [5.41, 5.74) is 6.17. The van der Waals surface area contributed by atoms with Gasteiger partial charge in [0.25, 0.3) is 6.01 Å². The maximum absolute atomic E-state index is 13.3. The van der Waals surface area contributed by atoms with Gasteiger partial charge >= 0.3 is 12.1 Å². The summed E-state index contributed by atoms with van der Waals surface area (Å²) in [4.78, 5) is 30.3. The Kier molecular flexibility index (Phi) is 9.69. The van der Waals surface area contributed by atoms with Crippen molar-refractivity contribution in [3.63, 3.8) is 0 Å². The Morgan fingerprint density at radius 3 is 2.49 bits per heavy atom. The van der Waals surface area contributed by atoms with E-state index < -0.39 is 25.0 Å². The third-order valence-corrected chi connectivity index (χ3v) is 8.43.